The van der Waals surface area contributed by atoms with Crippen molar-refractivity contribution in [3.8, 4) is 0 Å². The summed E-state index contributed by atoms with van der Waals surface area (Å²) in [6.45, 7) is 9.36. The normalized spacial score (nSPS) is 20.2. The van der Waals surface area contributed by atoms with Gasteiger partial charge in [0, 0.05) is 32.9 Å². The molecule has 2 atom stereocenters. The highest BCUT2D eigenvalue weighted by Gasteiger charge is 2.36. The number of halogens is 1. The molecule has 0 aliphatic carbocycles. The number of hydrogen-bond donors (Lipinski definition) is 1. The summed E-state index contributed by atoms with van der Waals surface area (Å²) in [5.41, 5.74) is 1.98. The smallest absolute Gasteiger partial charge is 0.226 e. The van der Waals surface area contributed by atoms with Crippen molar-refractivity contribution in [1.29, 1.82) is 0 Å². The van der Waals surface area contributed by atoms with Gasteiger partial charge in [0.1, 0.15) is 5.82 Å². The Kier molecular flexibility index (Phi) is 10.3. The van der Waals surface area contributed by atoms with Crippen molar-refractivity contribution in [2.24, 2.45) is 11.0 Å². The van der Waals surface area contributed by atoms with E-state index in [1.165, 1.54) is 5.56 Å². The topological polar surface area (TPSA) is 57.2 Å². The van der Waals surface area contributed by atoms with Crippen LogP contribution in [0.3, 0.4) is 0 Å². The van der Waals surface area contributed by atoms with Crippen LogP contribution >= 0.6 is 0 Å². The van der Waals surface area contributed by atoms with Crippen molar-refractivity contribution in [2.45, 2.75) is 52.1 Å². The Morgan fingerprint density at radius 1 is 1.38 bits per heavy atom. The molecule has 0 spiro atoms. The second kappa shape index (κ2) is 12.7. The summed E-state index contributed by atoms with van der Waals surface area (Å²) in [4.78, 5) is 13.2. The van der Waals surface area contributed by atoms with Gasteiger partial charge in [0.15, 0.2) is 0 Å². The van der Waals surface area contributed by atoms with Gasteiger partial charge in [-0.05, 0) is 55.6 Å². The van der Waals surface area contributed by atoms with E-state index in [1.54, 1.807) is 36.1 Å². The molecule has 2 aliphatic rings. The minimum absolute atomic E-state index is 0.0232. The van der Waals surface area contributed by atoms with Gasteiger partial charge < -0.3 is 15.0 Å². The first-order valence-corrected chi connectivity index (χ1v) is 11.6. The van der Waals surface area contributed by atoms with Crippen LogP contribution in [0, 0.1) is 11.7 Å². The second-order valence-corrected chi connectivity index (χ2v) is 8.53. The summed E-state index contributed by atoms with van der Waals surface area (Å²) in [5, 5.41) is 9.29. The predicted octanol–water partition coefficient (Wildman–Crippen LogP) is 3.92. The molecule has 0 radical (unpaired) electrons. The van der Waals surface area contributed by atoms with Crippen molar-refractivity contribution in [2.75, 3.05) is 40.3 Å². The van der Waals surface area contributed by atoms with E-state index in [9.17, 15) is 9.18 Å². The molecule has 0 aromatic heterocycles. The highest BCUT2D eigenvalue weighted by atomic mass is 19.1. The zero-order valence-electron chi connectivity index (χ0n) is 20.2. The standard InChI is InChI=1S/C15H22FNO.C10H17N3O/c1-3-15(8-9-17-4-2)14-11-13(16)6-5-12(14)7-10-18-15;1-9(10(14)12(2)3)8-13-7-5-4-6-11-13/h5-6,11,17H,3-4,7-10H2,1-2H3;5-7,9H,4,8H2,1-3H3. The van der Waals surface area contributed by atoms with Gasteiger partial charge in [-0.25, -0.2) is 4.39 Å². The molecule has 32 heavy (non-hydrogen) atoms. The molecule has 0 bridgehead atoms. The Bertz CT molecular complexity index is 784. The van der Waals surface area contributed by atoms with Crippen LogP contribution in [0.2, 0.25) is 0 Å². The van der Waals surface area contributed by atoms with Crippen LogP contribution in [0.5, 0.6) is 0 Å². The van der Waals surface area contributed by atoms with Gasteiger partial charge >= 0.3 is 0 Å². The van der Waals surface area contributed by atoms with E-state index in [0.717, 1.165) is 50.9 Å². The van der Waals surface area contributed by atoms with Gasteiger partial charge in [-0.2, -0.15) is 5.10 Å². The van der Waals surface area contributed by atoms with Crippen LogP contribution < -0.4 is 5.32 Å². The number of fused-ring (bicyclic) bond motifs is 1. The third-order valence-corrected chi connectivity index (χ3v) is 5.91. The van der Waals surface area contributed by atoms with E-state index >= 15 is 0 Å². The summed E-state index contributed by atoms with van der Waals surface area (Å²) < 4.78 is 19.5. The third-order valence-electron chi connectivity index (χ3n) is 5.91. The van der Waals surface area contributed by atoms with E-state index in [4.69, 9.17) is 4.74 Å². The van der Waals surface area contributed by atoms with Crippen molar-refractivity contribution in [3.63, 3.8) is 0 Å². The maximum absolute atomic E-state index is 13.5. The maximum atomic E-state index is 13.5. The van der Waals surface area contributed by atoms with Gasteiger partial charge in [-0.3, -0.25) is 9.80 Å². The van der Waals surface area contributed by atoms with Gasteiger partial charge in [0.2, 0.25) is 5.91 Å². The number of rotatable bonds is 8. The highest BCUT2D eigenvalue weighted by Crippen LogP contribution is 2.39. The fraction of sp³-hybridized carbons (Fsp3) is 0.600. The van der Waals surface area contributed by atoms with Crippen LogP contribution in [-0.2, 0) is 21.6 Å². The molecule has 0 saturated heterocycles. The number of allylic oxidation sites excluding steroid dienone is 1. The lowest BCUT2D eigenvalue weighted by molar-refractivity contribution is -0.132. The second-order valence-electron chi connectivity index (χ2n) is 8.53. The Balaban J connectivity index is 0.000000235. The summed E-state index contributed by atoms with van der Waals surface area (Å²) in [5.74, 6) is -0.0513. The highest BCUT2D eigenvalue weighted by molar-refractivity contribution is 5.78. The first-order valence-electron chi connectivity index (χ1n) is 11.6. The molecule has 1 N–H and O–H groups in total. The molecule has 3 rings (SSSR count). The summed E-state index contributed by atoms with van der Waals surface area (Å²) in [6.07, 6.45) is 9.33. The van der Waals surface area contributed by atoms with Crippen LogP contribution in [0.25, 0.3) is 0 Å². The summed E-state index contributed by atoms with van der Waals surface area (Å²) >= 11 is 0. The Morgan fingerprint density at radius 2 is 2.16 bits per heavy atom. The van der Waals surface area contributed by atoms with E-state index in [2.05, 4.69) is 24.3 Å². The molecule has 1 amide bonds. The molecule has 1 aromatic carbocycles. The van der Waals surface area contributed by atoms with E-state index < -0.39 is 0 Å². The quantitative estimate of drug-likeness (QED) is 0.615. The molecule has 6 nitrogen and oxygen atoms in total. The molecular weight excluding hydrogens is 407 g/mol. The lowest BCUT2D eigenvalue weighted by Gasteiger charge is -2.39. The average molecular weight is 447 g/mol. The monoisotopic (exact) mass is 446 g/mol. The Labute approximate surface area is 192 Å². The van der Waals surface area contributed by atoms with E-state index in [-0.39, 0.29) is 23.2 Å². The number of nitrogens with one attached hydrogen (secondary N) is 1. The van der Waals surface area contributed by atoms with Crippen molar-refractivity contribution < 1.29 is 13.9 Å². The molecule has 2 unspecified atom stereocenters. The largest absolute Gasteiger partial charge is 0.370 e. The molecule has 7 heteroatoms. The van der Waals surface area contributed by atoms with Crippen LogP contribution in [0.15, 0.2) is 35.6 Å². The van der Waals surface area contributed by atoms with Crippen molar-refractivity contribution >= 4 is 12.1 Å². The molecule has 2 heterocycles. The molecule has 2 aliphatic heterocycles. The first kappa shape index (κ1) is 26.0. The van der Waals surface area contributed by atoms with Gasteiger partial charge in [-0.1, -0.05) is 32.9 Å². The van der Waals surface area contributed by atoms with Gasteiger partial charge in [0.05, 0.1) is 24.7 Å². The molecule has 178 valence electrons. The minimum atomic E-state index is -0.308. The SMILES string of the molecule is CC(CN1C=CCC=N1)C(=O)N(C)C.CCNCCC1(CC)OCCc2ccc(F)cc21. The minimum Gasteiger partial charge on any atom is -0.370 e. The number of nitrogens with zero attached hydrogens (tertiary/aromatic N) is 3. The number of amides is 1. The third kappa shape index (κ3) is 7.14. The maximum Gasteiger partial charge on any atom is 0.226 e. The number of carbonyl (C=O) groups is 1. The number of hydrogen-bond acceptors (Lipinski definition) is 5. The Morgan fingerprint density at radius 3 is 2.78 bits per heavy atom. The summed E-state index contributed by atoms with van der Waals surface area (Å²) in [7, 11) is 3.54. The fourth-order valence-corrected chi connectivity index (χ4v) is 4.11. The Hall–Kier alpha value is -2.25. The van der Waals surface area contributed by atoms with Crippen LogP contribution in [-0.4, -0.2) is 62.4 Å². The first-order chi connectivity index (χ1) is 15.3. The summed E-state index contributed by atoms with van der Waals surface area (Å²) in [6, 6.07) is 5.11. The lowest BCUT2D eigenvalue weighted by atomic mass is 9.82. The number of hydrazone groups is 1. The van der Waals surface area contributed by atoms with E-state index in [0.29, 0.717) is 6.54 Å². The van der Waals surface area contributed by atoms with Gasteiger partial charge in [-0.15, -0.1) is 0 Å². The van der Waals surface area contributed by atoms with Crippen molar-refractivity contribution in [1.82, 2.24) is 15.2 Å². The zero-order valence-corrected chi connectivity index (χ0v) is 20.2. The van der Waals surface area contributed by atoms with Crippen molar-refractivity contribution in [3.05, 3.63) is 47.4 Å². The zero-order chi connectivity index (χ0) is 23.6. The molecule has 0 saturated carbocycles. The number of benzene rings is 1. The molecule has 1 aromatic rings. The van der Waals surface area contributed by atoms with Crippen LogP contribution in [0.1, 0.15) is 51.2 Å². The number of carbonyl (C=O) groups excluding carboxylic acids is 1. The lowest BCUT2D eigenvalue weighted by Crippen LogP contribution is -2.38. The molecular formula is C25H39FN4O2. The van der Waals surface area contributed by atoms with Crippen LogP contribution in [0.4, 0.5) is 4.39 Å². The molecule has 0 fully saturated rings. The number of ether oxygens (including phenoxy) is 1. The van der Waals surface area contributed by atoms with Gasteiger partial charge in [0.25, 0.3) is 0 Å². The predicted molar refractivity (Wildman–Crippen MR) is 128 cm³/mol. The van der Waals surface area contributed by atoms with E-state index in [1.807, 2.05) is 31.5 Å². The average Bonchev–Trinajstić information content (AvgIpc) is 2.80. The fourth-order valence-electron chi connectivity index (χ4n) is 4.11.